The first-order valence-electron chi connectivity index (χ1n) is 7.96. The molecule has 21 heavy (non-hydrogen) atoms. The Bertz CT molecular complexity index is 461. The van der Waals surface area contributed by atoms with Crippen molar-refractivity contribution in [2.24, 2.45) is 11.8 Å². The highest BCUT2D eigenvalue weighted by Crippen LogP contribution is 2.32. The van der Waals surface area contributed by atoms with Crippen molar-refractivity contribution in [3.63, 3.8) is 0 Å². The van der Waals surface area contributed by atoms with Gasteiger partial charge in [0.25, 0.3) is 0 Å². The van der Waals surface area contributed by atoms with Crippen LogP contribution in [0.2, 0.25) is 0 Å². The topological polar surface area (TPSA) is 51.2 Å². The number of carbonyl (C=O) groups is 1. The summed E-state index contributed by atoms with van der Waals surface area (Å²) in [5, 5.41) is 6.61. The summed E-state index contributed by atoms with van der Waals surface area (Å²) in [6, 6.07) is 0.526. The predicted molar refractivity (Wildman–Crippen MR) is 86.7 cm³/mol. The van der Waals surface area contributed by atoms with Crippen LogP contribution in [0, 0.1) is 11.8 Å². The fourth-order valence-corrected chi connectivity index (χ4v) is 3.70. The van der Waals surface area contributed by atoms with Gasteiger partial charge in [-0.05, 0) is 25.2 Å². The molecular formula is C16H26N2O2S. The smallest absolute Gasteiger partial charge is 0.306 e. The molecule has 1 fully saturated rings. The molecule has 0 amide bonds. The second kappa shape index (κ2) is 7.78. The molecule has 3 unspecified atom stereocenters. The first kappa shape index (κ1) is 16.3. The highest BCUT2D eigenvalue weighted by Gasteiger charge is 2.27. The van der Waals surface area contributed by atoms with Gasteiger partial charge in [0.1, 0.15) is 0 Å². The number of nitrogens with one attached hydrogen (secondary N) is 1. The molecule has 3 atom stereocenters. The van der Waals surface area contributed by atoms with E-state index in [1.807, 2.05) is 12.3 Å². The van der Waals surface area contributed by atoms with Crippen LogP contribution in [0.15, 0.2) is 5.38 Å². The Morgan fingerprint density at radius 1 is 1.48 bits per heavy atom. The number of anilines is 1. The maximum Gasteiger partial charge on any atom is 0.306 e. The summed E-state index contributed by atoms with van der Waals surface area (Å²) in [6.07, 6.45) is 4.93. The standard InChI is InChI=1S/C16H26N2O2S/c1-4-20-15(19)9-8-13-10-21-16(17-13)18-14-7-5-6-11(2)12(14)3/h10-12,14H,4-9H2,1-3H3,(H,17,18). The van der Waals surface area contributed by atoms with Crippen LogP contribution in [0.4, 0.5) is 5.13 Å². The van der Waals surface area contributed by atoms with Gasteiger partial charge < -0.3 is 10.1 Å². The highest BCUT2D eigenvalue weighted by atomic mass is 32.1. The van der Waals surface area contributed by atoms with Crippen LogP contribution < -0.4 is 5.32 Å². The number of carbonyl (C=O) groups excluding carboxylic acids is 1. The minimum Gasteiger partial charge on any atom is -0.466 e. The van der Waals surface area contributed by atoms with Crippen LogP contribution in [-0.2, 0) is 16.0 Å². The van der Waals surface area contributed by atoms with Gasteiger partial charge in [0.15, 0.2) is 5.13 Å². The van der Waals surface area contributed by atoms with Crippen molar-refractivity contribution in [1.29, 1.82) is 0 Å². The molecule has 2 rings (SSSR count). The largest absolute Gasteiger partial charge is 0.466 e. The van der Waals surface area contributed by atoms with Crippen molar-refractivity contribution in [1.82, 2.24) is 4.98 Å². The van der Waals surface area contributed by atoms with Gasteiger partial charge in [0.2, 0.25) is 0 Å². The van der Waals surface area contributed by atoms with Crippen molar-refractivity contribution in [2.45, 2.75) is 58.9 Å². The molecule has 1 N–H and O–H groups in total. The average molecular weight is 310 g/mol. The SMILES string of the molecule is CCOC(=O)CCc1csc(NC2CCCC(C)C2C)n1. The zero-order valence-corrected chi connectivity index (χ0v) is 14.0. The van der Waals surface area contributed by atoms with E-state index in [4.69, 9.17) is 4.74 Å². The zero-order valence-electron chi connectivity index (χ0n) is 13.2. The van der Waals surface area contributed by atoms with E-state index in [9.17, 15) is 4.79 Å². The van der Waals surface area contributed by atoms with E-state index in [0.29, 0.717) is 31.4 Å². The third-order valence-corrected chi connectivity index (χ3v) is 5.28. The normalized spacial score (nSPS) is 25.6. The molecule has 1 aliphatic carbocycles. The lowest BCUT2D eigenvalue weighted by Crippen LogP contribution is -2.34. The second-order valence-corrected chi connectivity index (χ2v) is 6.83. The zero-order chi connectivity index (χ0) is 15.2. The van der Waals surface area contributed by atoms with Crippen molar-refractivity contribution < 1.29 is 9.53 Å². The number of aryl methyl sites for hydroxylation is 1. The van der Waals surface area contributed by atoms with Gasteiger partial charge in [-0.3, -0.25) is 4.79 Å². The van der Waals surface area contributed by atoms with E-state index in [1.54, 1.807) is 11.3 Å². The third kappa shape index (κ3) is 4.70. The van der Waals surface area contributed by atoms with Gasteiger partial charge in [0, 0.05) is 17.8 Å². The Hall–Kier alpha value is -1.10. The van der Waals surface area contributed by atoms with Crippen LogP contribution in [0.3, 0.4) is 0 Å². The number of nitrogens with zero attached hydrogens (tertiary/aromatic N) is 1. The van der Waals surface area contributed by atoms with Crippen molar-refractivity contribution in [3.8, 4) is 0 Å². The summed E-state index contributed by atoms with van der Waals surface area (Å²) in [6.45, 7) is 6.94. The van der Waals surface area contributed by atoms with E-state index < -0.39 is 0 Å². The Labute approximate surface area is 131 Å². The van der Waals surface area contributed by atoms with E-state index in [1.165, 1.54) is 19.3 Å². The molecule has 4 nitrogen and oxygen atoms in total. The fraction of sp³-hybridized carbons (Fsp3) is 0.750. The summed E-state index contributed by atoms with van der Waals surface area (Å²) < 4.78 is 4.94. The predicted octanol–water partition coefficient (Wildman–Crippen LogP) is 3.88. The summed E-state index contributed by atoms with van der Waals surface area (Å²) in [5.74, 6) is 1.32. The number of ether oxygens (including phenoxy) is 1. The lowest BCUT2D eigenvalue weighted by atomic mass is 9.78. The molecule has 1 heterocycles. The molecule has 1 aliphatic rings. The number of rotatable bonds is 6. The Morgan fingerprint density at radius 2 is 2.29 bits per heavy atom. The second-order valence-electron chi connectivity index (χ2n) is 5.97. The highest BCUT2D eigenvalue weighted by molar-refractivity contribution is 7.13. The van der Waals surface area contributed by atoms with E-state index in [-0.39, 0.29) is 5.97 Å². The van der Waals surface area contributed by atoms with Crippen molar-refractivity contribution in [2.75, 3.05) is 11.9 Å². The summed E-state index contributed by atoms with van der Waals surface area (Å²) >= 11 is 1.64. The van der Waals surface area contributed by atoms with Gasteiger partial charge in [0.05, 0.1) is 18.7 Å². The van der Waals surface area contributed by atoms with Crippen LogP contribution >= 0.6 is 11.3 Å². The van der Waals surface area contributed by atoms with Gasteiger partial charge in [-0.25, -0.2) is 4.98 Å². The quantitative estimate of drug-likeness (QED) is 0.810. The number of thiazole rings is 1. The van der Waals surface area contributed by atoms with Gasteiger partial charge >= 0.3 is 5.97 Å². The molecule has 0 radical (unpaired) electrons. The molecular weight excluding hydrogens is 284 g/mol. The molecule has 1 aromatic rings. The Morgan fingerprint density at radius 3 is 3.05 bits per heavy atom. The molecule has 0 saturated heterocycles. The molecule has 0 bridgehead atoms. The summed E-state index contributed by atoms with van der Waals surface area (Å²) in [4.78, 5) is 16.0. The molecule has 118 valence electrons. The van der Waals surface area contributed by atoms with E-state index in [2.05, 4.69) is 24.1 Å². The minimum atomic E-state index is -0.144. The van der Waals surface area contributed by atoms with Gasteiger partial charge in [-0.15, -0.1) is 11.3 Å². The molecule has 5 heteroatoms. The van der Waals surface area contributed by atoms with Crippen LogP contribution in [0.1, 0.15) is 52.1 Å². The first-order valence-corrected chi connectivity index (χ1v) is 8.84. The van der Waals surface area contributed by atoms with Crippen molar-refractivity contribution >= 4 is 22.4 Å². The lowest BCUT2D eigenvalue weighted by molar-refractivity contribution is -0.143. The average Bonchev–Trinajstić information content (AvgIpc) is 2.90. The molecule has 0 aliphatic heterocycles. The van der Waals surface area contributed by atoms with Gasteiger partial charge in [-0.2, -0.15) is 0 Å². The Balaban J connectivity index is 1.84. The maximum atomic E-state index is 11.4. The molecule has 1 saturated carbocycles. The lowest BCUT2D eigenvalue weighted by Gasteiger charge is -2.34. The van der Waals surface area contributed by atoms with E-state index >= 15 is 0 Å². The maximum absolute atomic E-state index is 11.4. The summed E-state index contributed by atoms with van der Waals surface area (Å²) in [5.41, 5.74) is 0.979. The monoisotopic (exact) mass is 310 g/mol. The fourth-order valence-electron chi connectivity index (χ4n) is 2.90. The molecule has 1 aromatic heterocycles. The minimum absolute atomic E-state index is 0.144. The number of hydrogen-bond donors (Lipinski definition) is 1. The Kier molecular flexibility index (Phi) is 6.03. The van der Waals surface area contributed by atoms with Gasteiger partial charge in [-0.1, -0.05) is 26.7 Å². The van der Waals surface area contributed by atoms with Crippen LogP contribution in [0.5, 0.6) is 0 Å². The van der Waals surface area contributed by atoms with Crippen LogP contribution in [-0.4, -0.2) is 23.6 Å². The van der Waals surface area contributed by atoms with E-state index in [0.717, 1.165) is 16.7 Å². The van der Waals surface area contributed by atoms with Crippen molar-refractivity contribution in [3.05, 3.63) is 11.1 Å². The third-order valence-electron chi connectivity index (χ3n) is 4.46. The molecule has 0 aromatic carbocycles. The number of esters is 1. The molecule has 0 spiro atoms. The number of aromatic nitrogens is 1. The number of hydrogen-bond acceptors (Lipinski definition) is 5. The summed E-state index contributed by atoms with van der Waals surface area (Å²) in [7, 11) is 0. The first-order chi connectivity index (χ1) is 10.1. The van der Waals surface area contributed by atoms with Crippen LogP contribution in [0.25, 0.3) is 0 Å².